The molecule has 1 amide bonds. The van der Waals surface area contributed by atoms with Gasteiger partial charge in [0, 0.05) is 5.92 Å². The molecule has 0 heterocycles. The van der Waals surface area contributed by atoms with E-state index in [-0.39, 0.29) is 18.4 Å². The molecule has 70 valence electrons. The highest BCUT2D eigenvalue weighted by Gasteiger charge is 2.13. The summed E-state index contributed by atoms with van der Waals surface area (Å²) in [5.74, 6) is -0.0879. The van der Waals surface area contributed by atoms with Crippen molar-refractivity contribution in [3.05, 3.63) is 0 Å². The van der Waals surface area contributed by atoms with Crippen LogP contribution in [0.25, 0.3) is 0 Å². The van der Waals surface area contributed by atoms with Crippen molar-refractivity contribution >= 4 is 22.8 Å². The molecule has 0 saturated heterocycles. The summed E-state index contributed by atoms with van der Waals surface area (Å²) in [5, 5.41) is 1.93. The van der Waals surface area contributed by atoms with Gasteiger partial charge in [-0.3, -0.25) is 9.59 Å². The van der Waals surface area contributed by atoms with Crippen LogP contribution in [0.3, 0.4) is 0 Å². The highest BCUT2D eigenvalue weighted by Crippen LogP contribution is 2.06. The first-order chi connectivity index (χ1) is 5.61. The van der Waals surface area contributed by atoms with Crippen molar-refractivity contribution in [1.29, 1.82) is 0 Å². The summed E-state index contributed by atoms with van der Waals surface area (Å²) in [4.78, 5) is 21.5. The molecule has 0 spiro atoms. The molecule has 1 N–H and O–H groups in total. The maximum Gasteiger partial charge on any atom is 0.240 e. The van der Waals surface area contributed by atoms with Crippen LogP contribution < -0.4 is 5.32 Å². The van der Waals surface area contributed by atoms with Crippen molar-refractivity contribution in [3.8, 4) is 0 Å². The number of amides is 1. The zero-order valence-electron chi connectivity index (χ0n) is 7.39. The summed E-state index contributed by atoms with van der Waals surface area (Å²) in [7, 11) is 0. The van der Waals surface area contributed by atoms with Crippen molar-refractivity contribution < 1.29 is 9.59 Å². The summed E-state index contributed by atoms with van der Waals surface area (Å²) < 4.78 is 0. The van der Waals surface area contributed by atoms with E-state index in [9.17, 15) is 9.59 Å². The predicted molar refractivity (Wildman–Crippen MR) is 47.9 cm³/mol. The Morgan fingerprint density at radius 3 is 2.17 bits per heavy atom. The number of hydrogen-bond acceptors (Lipinski definition) is 2. The molecule has 0 aliphatic rings. The first-order valence-electron chi connectivity index (χ1n) is 4.07. The first kappa shape index (κ1) is 11.4. The van der Waals surface area contributed by atoms with Gasteiger partial charge in [-0.2, -0.15) is 0 Å². The van der Waals surface area contributed by atoms with Crippen molar-refractivity contribution in [1.82, 2.24) is 5.32 Å². The molecule has 12 heavy (non-hydrogen) atoms. The molecule has 0 atom stereocenters. The average Bonchev–Trinajstić information content (AvgIpc) is 2.03. The Bertz CT molecular complexity index is 166. The van der Waals surface area contributed by atoms with Gasteiger partial charge in [0.25, 0.3) is 0 Å². The summed E-state index contributed by atoms with van der Waals surface area (Å²) in [6.07, 6.45) is 1.58. The minimum Gasteiger partial charge on any atom is -0.347 e. The molecular weight excluding hydrogens is 178 g/mol. The topological polar surface area (TPSA) is 46.2 Å². The highest BCUT2D eigenvalue weighted by molar-refractivity contribution is 6.64. The molecule has 4 heteroatoms. The van der Waals surface area contributed by atoms with Gasteiger partial charge in [0.15, 0.2) is 0 Å². The van der Waals surface area contributed by atoms with E-state index in [0.717, 1.165) is 12.8 Å². The van der Waals surface area contributed by atoms with Crippen LogP contribution in [0.4, 0.5) is 0 Å². The first-order valence-corrected chi connectivity index (χ1v) is 4.45. The molecule has 0 aromatic rings. The van der Waals surface area contributed by atoms with E-state index in [1.807, 2.05) is 13.8 Å². The van der Waals surface area contributed by atoms with E-state index >= 15 is 0 Å². The summed E-state index contributed by atoms with van der Waals surface area (Å²) in [5.41, 5.74) is 0. The molecule has 3 nitrogen and oxygen atoms in total. The fraction of sp³-hybridized carbons (Fsp3) is 0.750. The predicted octanol–water partition coefficient (Wildman–Crippen LogP) is 1.30. The lowest BCUT2D eigenvalue weighted by atomic mass is 10.0. The second-order valence-electron chi connectivity index (χ2n) is 2.59. The summed E-state index contributed by atoms with van der Waals surface area (Å²) in [6.45, 7) is 3.81. The Morgan fingerprint density at radius 2 is 1.83 bits per heavy atom. The zero-order valence-corrected chi connectivity index (χ0v) is 8.15. The normalized spacial score (nSPS) is 10.0. The fourth-order valence-electron chi connectivity index (χ4n) is 0.960. The summed E-state index contributed by atoms with van der Waals surface area (Å²) >= 11 is 5.06. The van der Waals surface area contributed by atoms with Gasteiger partial charge in [-0.15, -0.1) is 0 Å². The molecule has 0 aromatic heterocycles. The maximum atomic E-state index is 11.2. The number of carbonyl (C=O) groups excluding carboxylic acids is 2. The van der Waals surface area contributed by atoms with Crippen molar-refractivity contribution in [2.45, 2.75) is 26.7 Å². The van der Waals surface area contributed by atoms with Gasteiger partial charge in [0.1, 0.15) is 0 Å². The van der Waals surface area contributed by atoms with Gasteiger partial charge in [-0.05, 0) is 24.4 Å². The highest BCUT2D eigenvalue weighted by atomic mass is 35.5. The third kappa shape index (κ3) is 4.34. The molecule has 0 saturated carbocycles. The number of rotatable bonds is 5. The fourth-order valence-corrected chi connectivity index (χ4v) is 1.03. The SMILES string of the molecule is CCC(CC)C(=O)NCC(=O)Cl. The van der Waals surface area contributed by atoms with Crippen LogP contribution in [0.15, 0.2) is 0 Å². The quantitative estimate of drug-likeness (QED) is 0.666. The third-order valence-electron chi connectivity index (χ3n) is 1.76. The molecule has 0 aliphatic heterocycles. The van der Waals surface area contributed by atoms with Gasteiger partial charge >= 0.3 is 0 Å². The minimum absolute atomic E-state index is 0.000941. The monoisotopic (exact) mass is 191 g/mol. The van der Waals surface area contributed by atoms with Crippen molar-refractivity contribution in [2.75, 3.05) is 6.54 Å². The summed E-state index contributed by atoms with van der Waals surface area (Å²) in [6, 6.07) is 0. The number of carbonyl (C=O) groups is 2. The average molecular weight is 192 g/mol. The van der Waals surface area contributed by atoms with Crippen LogP contribution in [0, 0.1) is 5.92 Å². The molecule has 0 fully saturated rings. The van der Waals surface area contributed by atoms with E-state index in [1.165, 1.54) is 0 Å². The van der Waals surface area contributed by atoms with Gasteiger partial charge in [-0.1, -0.05) is 13.8 Å². The Labute approximate surface area is 77.5 Å². The van der Waals surface area contributed by atoms with E-state index in [2.05, 4.69) is 5.32 Å². The zero-order chi connectivity index (χ0) is 9.56. The molecule has 0 bridgehead atoms. The lowest BCUT2D eigenvalue weighted by Gasteiger charge is -2.10. The molecule has 0 unspecified atom stereocenters. The van der Waals surface area contributed by atoms with Crippen LogP contribution >= 0.6 is 11.6 Å². The van der Waals surface area contributed by atoms with Gasteiger partial charge in [0.05, 0.1) is 6.54 Å². The molecule has 0 rings (SSSR count). The largest absolute Gasteiger partial charge is 0.347 e. The van der Waals surface area contributed by atoms with Gasteiger partial charge in [-0.25, -0.2) is 0 Å². The molecule has 0 radical (unpaired) electrons. The van der Waals surface area contributed by atoms with Crippen LogP contribution in [-0.4, -0.2) is 17.7 Å². The molecule has 0 aromatic carbocycles. The van der Waals surface area contributed by atoms with Crippen LogP contribution in [-0.2, 0) is 9.59 Å². The second-order valence-corrected chi connectivity index (χ2v) is 3.01. The van der Waals surface area contributed by atoms with Crippen LogP contribution in [0.2, 0.25) is 0 Å². The maximum absolute atomic E-state index is 11.2. The van der Waals surface area contributed by atoms with E-state index < -0.39 is 5.24 Å². The smallest absolute Gasteiger partial charge is 0.240 e. The van der Waals surface area contributed by atoms with Gasteiger partial charge in [0.2, 0.25) is 11.1 Å². The van der Waals surface area contributed by atoms with E-state index in [1.54, 1.807) is 0 Å². The number of halogens is 1. The van der Waals surface area contributed by atoms with Crippen molar-refractivity contribution in [2.24, 2.45) is 5.92 Å². The molecular formula is C8H14ClNO2. The second kappa shape index (κ2) is 6.00. The lowest BCUT2D eigenvalue weighted by Crippen LogP contribution is -2.32. The Morgan fingerprint density at radius 1 is 1.33 bits per heavy atom. The Kier molecular flexibility index (Phi) is 5.72. The Hall–Kier alpha value is -0.570. The third-order valence-corrected chi connectivity index (χ3v) is 1.89. The molecule has 0 aliphatic carbocycles. The van der Waals surface area contributed by atoms with Crippen molar-refractivity contribution in [3.63, 3.8) is 0 Å². The van der Waals surface area contributed by atoms with E-state index in [4.69, 9.17) is 11.6 Å². The minimum atomic E-state index is -0.533. The van der Waals surface area contributed by atoms with Gasteiger partial charge < -0.3 is 5.32 Å². The van der Waals surface area contributed by atoms with Crippen LogP contribution in [0.5, 0.6) is 0 Å². The lowest BCUT2D eigenvalue weighted by molar-refractivity contribution is -0.126. The Balaban J connectivity index is 3.77. The standard InChI is InChI=1S/C8H14ClNO2/c1-3-6(4-2)8(12)10-5-7(9)11/h6H,3-5H2,1-2H3,(H,10,12). The van der Waals surface area contributed by atoms with Crippen LogP contribution in [0.1, 0.15) is 26.7 Å². The number of nitrogens with one attached hydrogen (secondary N) is 1. The van der Waals surface area contributed by atoms with E-state index in [0.29, 0.717) is 0 Å². The number of hydrogen-bond donors (Lipinski definition) is 1.